The lowest BCUT2D eigenvalue weighted by molar-refractivity contribution is -0.113. The van der Waals surface area contributed by atoms with E-state index in [2.05, 4.69) is 48.4 Å². The summed E-state index contributed by atoms with van der Waals surface area (Å²) in [6.07, 6.45) is 0. The van der Waals surface area contributed by atoms with Crippen molar-refractivity contribution in [3.63, 3.8) is 0 Å². The Balaban J connectivity index is 1.67. The predicted octanol–water partition coefficient (Wildman–Crippen LogP) is 5.82. The molecular weight excluding hydrogens is 427 g/mol. The van der Waals surface area contributed by atoms with Gasteiger partial charge in [0.05, 0.1) is 16.5 Å². The smallest absolute Gasteiger partial charge is 0.234 e. The minimum absolute atomic E-state index is 0.0959. The van der Waals surface area contributed by atoms with Crippen molar-refractivity contribution in [1.29, 1.82) is 0 Å². The molecule has 0 aliphatic rings. The summed E-state index contributed by atoms with van der Waals surface area (Å²) in [6.45, 7) is 6.54. The van der Waals surface area contributed by atoms with Gasteiger partial charge >= 0.3 is 0 Å². The maximum absolute atomic E-state index is 12.3. The van der Waals surface area contributed by atoms with Crippen molar-refractivity contribution in [2.24, 2.45) is 7.05 Å². The molecule has 0 spiro atoms. The number of anilines is 1. The first-order valence-corrected chi connectivity index (χ1v) is 10.8. The summed E-state index contributed by atoms with van der Waals surface area (Å²) in [5, 5.41) is 12.9. The minimum atomic E-state index is -0.196. The van der Waals surface area contributed by atoms with Gasteiger partial charge in [0, 0.05) is 17.6 Å². The zero-order valence-corrected chi connectivity index (χ0v) is 19.0. The third kappa shape index (κ3) is 5.32. The van der Waals surface area contributed by atoms with E-state index in [4.69, 9.17) is 23.2 Å². The van der Waals surface area contributed by atoms with Crippen molar-refractivity contribution in [3.8, 4) is 11.4 Å². The van der Waals surface area contributed by atoms with E-state index in [9.17, 15) is 4.79 Å². The van der Waals surface area contributed by atoms with E-state index >= 15 is 0 Å². The Kier molecular flexibility index (Phi) is 6.56. The van der Waals surface area contributed by atoms with Crippen molar-refractivity contribution in [3.05, 3.63) is 58.1 Å². The average Bonchev–Trinajstić information content (AvgIpc) is 3.03. The van der Waals surface area contributed by atoms with Crippen molar-refractivity contribution < 1.29 is 4.79 Å². The zero-order valence-electron chi connectivity index (χ0n) is 16.7. The molecule has 0 fully saturated rings. The van der Waals surface area contributed by atoms with Gasteiger partial charge in [0.25, 0.3) is 0 Å². The van der Waals surface area contributed by atoms with Crippen LogP contribution >= 0.6 is 35.0 Å². The first kappa shape index (κ1) is 21.7. The van der Waals surface area contributed by atoms with Crippen LogP contribution in [-0.4, -0.2) is 26.4 Å². The van der Waals surface area contributed by atoms with Crippen LogP contribution in [0, 0.1) is 0 Å². The van der Waals surface area contributed by atoms with Crippen molar-refractivity contribution >= 4 is 46.6 Å². The number of halogens is 2. The SMILES string of the molecule is Cn1c(SCC(=O)Nc2cc(Cl)ccc2Cl)nnc1-c1ccc(C(C)(C)C)cc1. The summed E-state index contributed by atoms with van der Waals surface area (Å²) in [5.74, 6) is 0.738. The number of carbonyl (C=O) groups excluding carboxylic acids is 1. The van der Waals surface area contributed by atoms with Crippen molar-refractivity contribution in [1.82, 2.24) is 14.8 Å². The van der Waals surface area contributed by atoms with Crippen LogP contribution in [-0.2, 0) is 17.3 Å². The quantitative estimate of drug-likeness (QED) is 0.499. The van der Waals surface area contributed by atoms with Gasteiger partial charge in [0.2, 0.25) is 5.91 Å². The third-order valence-electron chi connectivity index (χ3n) is 4.38. The van der Waals surface area contributed by atoms with Gasteiger partial charge in [-0.05, 0) is 29.2 Å². The molecule has 1 N–H and O–H groups in total. The van der Waals surface area contributed by atoms with Gasteiger partial charge in [0.15, 0.2) is 11.0 Å². The molecule has 2 aromatic carbocycles. The molecule has 3 aromatic rings. The van der Waals surface area contributed by atoms with Gasteiger partial charge in [-0.1, -0.05) is 80.0 Å². The van der Waals surface area contributed by atoms with E-state index in [0.29, 0.717) is 20.9 Å². The number of rotatable bonds is 5. The van der Waals surface area contributed by atoms with Crippen LogP contribution in [0.1, 0.15) is 26.3 Å². The van der Waals surface area contributed by atoms with E-state index in [1.165, 1.54) is 17.3 Å². The molecule has 152 valence electrons. The maximum Gasteiger partial charge on any atom is 0.234 e. The topological polar surface area (TPSA) is 59.8 Å². The largest absolute Gasteiger partial charge is 0.324 e. The molecule has 0 aliphatic heterocycles. The van der Waals surface area contributed by atoms with Crippen LogP contribution in [0.25, 0.3) is 11.4 Å². The summed E-state index contributed by atoms with van der Waals surface area (Å²) in [7, 11) is 1.89. The highest BCUT2D eigenvalue weighted by atomic mass is 35.5. The number of hydrogen-bond acceptors (Lipinski definition) is 4. The summed E-state index contributed by atoms with van der Waals surface area (Å²) in [6, 6.07) is 13.3. The first-order chi connectivity index (χ1) is 13.6. The van der Waals surface area contributed by atoms with Gasteiger partial charge in [0.1, 0.15) is 0 Å². The van der Waals surface area contributed by atoms with E-state index in [0.717, 1.165) is 11.4 Å². The minimum Gasteiger partial charge on any atom is -0.324 e. The summed E-state index contributed by atoms with van der Waals surface area (Å²) in [5.41, 5.74) is 2.82. The van der Waals surface area contributed by atoms with Gasteiger partial charge in [-0.3, -0.25) is 4.79 Å². The predicted molar refractivity (Wildman–Crippen MR) is 121 cm³/mol. The van der Waals surface area contributed by atoms with Crippen LogP contribution in [0.4, 0.5) is 5.69 Å². The first-order valence-electron chi connectivity index (χ1n) is 9.03. The molecule has 0 saturated carbocycles. The monoisotopic (exact) mass is 448 g/mol. The van der Waals surface area contributed by atoms with Crippen LogP contribution < -0.4 is 5.32 Å². The average molecular weight is 449 g/mol. The van der Waals surface area contributed by atoms with E-state index in [1.807, 2.05) is 23.7 Å². The number of nitrogens with zero attached hydrogens (tertiary/aromatic N) is 3. The van der Waals surface area contributed by atoms with Gasteiger partial charge in [-0.2, -0.15) is 0 Å². The summed E-state index contributed by atoms with van der Waals surface area (Å²) < 4.78 is 1.89. The Morgan fingerprint density at radius 3 is 2.45 bits per heavy atom. The highest BCUT2D eigenvalue weighted by molar-refractivity contribution is 7.99. The third-order valence-corrected chi connectivity index (χ3v) is 5.96. The molecule has 1 aromatic heterocycles. The number of nitrogens with one attached hydrogen (secondary N) is 1. The van der Waals surface area contributed by atoms with Crippen molar-refractivity contribution in [2.75, 3.05) is 11.1 Å². The molecule has 0 saturated heterocycles. The number of carbonyl (C=O) groups is 1. The zero-order chi connectivity index (χ0) is 21.2. The van der Waals surface area contributed by atoms with Crippen LogP contribution in [0.2, 0.25) is 10.0 Å². The molecule has 3 rings (SSSR count). The lowest BCUT2D eigenvalue weighted by atomic mass is 9.87. The van der Waals surface area contributed by atoms with E-state index in [1.54, 1.807) is 18.2 Å². The summed E-state index contributed by atoms with van der Waals surface area (Å²) >= 11 is 13.3. The van der Waals surface area contributed by atoms with E-state index < -0.39 is 0 Å². The molecule has 0 radical (unpaired) electrons. The Morgan fingerprint density at radius 2 is 1.79 bits per heavy atom. The van der Waals surface area contributed by atoms with Gasteiger partial charge in [-0.25, -0.2) is 0 Å². The standard InChI is InChI=1S/C21H22Cl2N4OS/c1-21(2,3)14-7-5-13(6-8-14)19-25-26-20(27(19)4)29-12-18(28)24-17-11-15(22)9-10-16(17)23/h5-11H,12H2,1-4H3,(H,24,28). The second kappa shape index (κ2) is 8.78. The fourth-order valence-corrected chi connectivity index (χ4v) is 3.77. The Labute approximate surface area is 184 Å². The number of benzene rings is 2. The normalized spacial score (nSPS) is 11.5. The fourth-order valence-electron chi connectivity index (χ4n) is 2.72. The highest BCUT2D eigenvalue weighted by Gasteiger charge is 2.16. The molecule has 0 aliphatic carbocycles. The molecule has 0 bridgehead atoms. The number of hydrogen-bond donors (Lipinski definition) is 1. The number of amides is 1. The number of aromatic nitrogens is 3. The molecule has 0 atom stereocenters. The molecule has 1 amide bonds. The molecular formula is C21H22Cl2N4OS. The Bertz CT molecular complexity index is 1030. The fraction of sp³-hybridized carbons (Fsp3) is 0.286. The molecule has 8 heteroatoms. The molecule has 1 heterocycles. The van der Waals surface area contributed by atoms with Crippen molar-refractivity contribution in [2.45, 2.75) is 31.3 Å². The van der Waals surface area contributed by atoms with Gasteiger partial charge in [-0.15, -0.1) is 10.2 Å². The highest BCUT2D eigenvalue weighted by Crippen LogP contribution is 2.28. The molecule has 5 nitrogen and oxygen atoms in total. The Hall–Kier alpha value is -2.02. The van der Waals surface area contributed by atoms with E-state index in [-0.39, 0.29) is 17.1 Å². The van der Waals surface area contributed by atoms with Crippen LogP contribution in [0.3, 0.4) is 0 Å². The lowest BCUT2D eigenvalue weighted by Crippen LogP contribution is -2.14. The van der Waals surface area contributed by atoms with Crippen LogP contribution in [0.15, 0.2) is 47.6 Å². The molecule has 29 heavy (non-hydrogen) atoms. The number of thioether (sulfide) groups is 1. The maximum atomic E-state index is 12.3. The molecule has 0 unspecified atom stereocenters. The second-order valence-corrected chi connectivity index (χ2v) is 9.44. The summed E-state index contributed by atoms with van der Waals surface area (Å²) in [4.78, 5) is 12.3. The van der Waals surface area contributed by atoms with Gasteiger partial charge < -0.3 is 9.88 Å². The lowest BCUT2D eigenvalue weighted by Gasteiger charge is -2.19. The Morgan fingerprint density at radius 1 is 1.10 bits per heavy atom. The van der Waals surface area contributed by atoms with Crippen LogP contribution in [0.5, 0.6) is 0 Å². The second-order valence-electron chi connectivity index (χ2n) is 7.65.